The maximum atomic E-state index is 12.0. The molecule has 0 N–H and O–H groups in total. The summed E-state index contributed by atoms with van der Waals surface area (Å²) in [6, 6.07) is 10.3. The minimum Gasteiger partial charge on any atom is -0.453 e. The Labute approximate surface area is 147 Å². The van der Waals surface area contributed by atoms with Gasteiger partial charge in [0.2, 0.25) is 0 Å². The normalized spacial score (nSPS) is 26.2. The van der Waals surface area contributed by atoms with Crippen LogP contribution in [0.2, 0.25) is 0 Å². The van der Waals surface area contributed by atoms with Gasteiger partial charge in [0, 0.05) is 25.6 Å². The van der Waals surface area contributed by atoms with Crippen LogP contribution in [-0.2, 0) is 15.1 Å². The summed E-state index contributed by atoms with van der Waals surface area (Å²) in [4.78, 5) is 14.4. The van der Waals surface area contributed by atoms with Crippen LogP contribution in [0, 0.1) is 11.3 Å². The molecule has 0 saturated carbocycles. The van der Waals surface area contributed by atoms with E-state index in [1.807, 2.05) is 18.2 Å². The number of benzene rings is 1. The Morgan fingerprint density at radius 2 is 1.71 bits per heavy atom. The van der Waals surface area contributed by atoms with Gasteiger partial charge in [0.15, 0.2) is 0 Å². The first kappa shape index (κ1) is 19.0. The fraction of sp³-hybridized carbons (Fsp3) is 0.667. The van der Waals surface area contributed by atoms with Gasteiger partial charge in [0.1, 0.15) is 5.60 Å². The van der Waals surface area contributed by atoms with E-state index in [1.54, 1.807) is 0 Å². The molecule has 3 nitrogen and oxygen atoms in total. The summed E-state index contributed by atoms with van der Waals surface area (Å²) < 4.78 is 6.04. The Morgan fingerprint density at radius 1 is 1.12 bits per heavy atom. The van der Waals surface area contributed by atoms with Gasteiger partial charge in [-0.1, -0.05) is 51.1 Å². The standard InChI is InChI=1S/C21H33NO2/c1-16(23)24-21(17-11-9-8-10-12-17)13-18(19(2,3)4)14-22(15-21)20(5,6)7/h8-12,18H,13-15H2,1-7H3/t18-,21+/m1/s1. The highest BCUT2D eigenvalue weighted by atomic mass is 16.6. The smallest absolute Gasteiger partial charge is 0.303 e. The van der Waals surface area contributed by atoms with Crippen molar-refractivity contribution in [3.63, 3.8) is 0 Å². The summed E-state index contributed by atoms with van der Waals surface area (Å²) in [6.45, 7) is 16.9. The molecule has 0 aliphatic carbocycles. The molecule has 24 heavy (non-hydrogen) atoms. The molecule has 0 bridgehead atoms. The summed E-state index contributed by atoms with van der Waals surface area (Å²) in [5.41, 5.74) is 0.716. The second-order valence-electron chi connectivity index (χ2n) is 9.27. The largest absolute Gasteiger partial charge is 0.453 e. The summed E-state index contributed by atoms with van der Waals surface area (Å²) in [6.07, 6.45) is 0.868. The van der Waals surface area contributed by atoms with Gasteiger partial charge in [-0.05, 0) is 44.1 Å². The van der Waals surface area contributed by atoms with Crippen molar-refractivity contribution in [1.82, 2.24) is 4.90 Å². The number of hydrogen-bond donors (Lipinski definition) is 0. The lowest BCUT2D eigenvalue weighted by molar-refractivity contribution is -0.175. The minimum atomic E-state index is -0.573. The molecule has 3 heteroatoms. The number of likely N-dealkylation sites (tertiary alicyclic amines) is 1. The molecular formula is C21H33NO2. The van der Waals surface area contributed by atoms with E-state index in [4.69, 9.17) is 4.74 Å². The number of esters is 1. The average Bonchev–Trinajstić information content (AvgIpc) is 2.45. The van der Waals surface area contributed by atoms with Gasteiger partial charge in [-0.25, -0.2) is 0 Å². The van der Waals surface area contributed by atoms with Gasteiger partial charge in [-0.3, -0.25) is 9.69 Å². The Kier molecular flexibility index (Phi) is 5.15. The summed E-state index contributed by atoms with van der Waals surface area (Å²) >= 11 is 0. The zero-order chi connectivity index (χ0) is 18.2. The molecular weight excluding hydrogens is 298 g/mol. The first-order valence-electron chi connectivity index (χ1n) is 8.94. The van der Waals surface area contributed by atoms with Crippen molar-refractivity contribution in [3.05, 3.63) is 35.9 Å². The van der Waals surface area contributed by atoms with Gasteiger partial charge in [-0.2, -0.15) is 0 Å². The van der Waals surface area contributed by atoms with E-state index in [0.29, 0.717) is 5.92 Å². The lowest BCUT2D eigenvalue weighted by atomic mass is 9.69. The first-order valence-corrected chi connectivity index (χ1v) is 8.94. The molecule has 1 aromatic rings. The number of carbonyl (C=O) groups excluding carboxylic acids is 1. The van der Waals surface area contributed by atoms with Crippen LogP contribution >= 0.6 is 0 Å². The fourth-order valence-electron chi connectivity index (χ4n) is 3.62. The molecule has 1 heterocycles. The van der Waals surface area contributed by atoms with Gasteiger partial charge >= 0.3 is 5.97 Å². The number of ether oxygens (including phenoxy) is 1. The van der Waals surface area contributed by atoms with Crippen molar-refractivity contribution in [3.8, 4) is 0 Å². The van der Waals surface area contributed by atoms with Crippen LogP contribution in [-0.4, -0.2) is 29.5 Å². The lowest BCUT2D eigenvalue weighted by Crippen LogP contribution is -2.59. The van der Waals surface area contributed by atoms with Crippen LogP contribution in [0.1, 0.15) is 60.5 Å². The molecule has 0 radical (unpaired) electrons. The fourth-order valence-corrected chi connectivity index (χ4v) is 3.62. The predicted molar refractivity (Wildman–Crippen MR) is 98.8 cm³/mol. The van der Waals surface area contributed by atoms with E-state index in [-0.39, 0.29) is 16.9 Å². The molecule has 0 unspecified atom stereocenters. The number of hydrogen-bond acceptors (Lipinski definition) is 3. The number of nitrogens with zero attached hydrogens (tertiary/aromatic N) is 1. The molecule has 2 rings (SSSR count). The number of piperidine rings is 1. The topological polar surface area (TPSA) is 29.5 Å². The third-order valence-corrected chi connectivity index (χ3v) is 5.28. The minimum absolute atomic E-state index is 0.0318. The lowest BCUT2D eigenvalue weighted by Gasteiger charge is -2.53. The molecule has 134 valence electrons. The van der Waals surface area contributed by atoms with E-state index in [9.17, 15) is 4.79 Å². The van der Waals surface area contributed by atoms with Crippen molar-refractivity contribution in [2.45, 2.75) is 66.0 Å². The second-order valence-corrected chi connectivity index (χ2v) is 9.27. The zero-order valence-electron chi connectivity index (χ0n) is 16.3. The van der Waals surface area contributed by atoms with E-state index >= 15 is 0 Å². The second kappa shape index (κ2) is 6.51. The molecule has 1 saturated heterocycles. The van der Waals surface area contributed by atoms with Crippen molar-refractivity contribution >= 4 is 5.97 Å². The van der Waals surface area contributed by atoms with E-state index in [0.717, 1.165) is 25.1 Å². The molecule has 2 atom stereocenters. The zero-order valence-corrected chi connectivity index (χ0v) is 16.3. The maximum Gasteiger partial charge on any atom is 0.303 e. The first-order chi connectivity index (χ1) is 10.9. The van der Waals surface area contributed by atoms with Gasteiger partial charge < -0.3 is 4.74 Å². The van der Waals surface area contributed by atoms with Crippen molar-refractivity contribution in [2.75, 3.05) is 13.1 Å². The number of carbonyl (C=O) groups is 1. The van der Waals surface area contributed by atoms with Crippen molar-refractivity contribution in [1.29, 1.82) is 0 Å². The van der Waals surface area contributed by atoms with Crippen LogP contribution in [0.25, 0.3) is 0 Å². The van der Waals surface area contributed by atoms with E-state index < -0.39 is 5.60 Å². The van der Waals surface area contributed by atoms with Crippen LogP contribution in [0.5, 0.6) is 0 Å². The molecule has 0 aromatic heterocycles. The Hall–Kier alpha value is -1.35. The van der Waals surface area contributed by atoms with Crippen molar-refractivity contribution < 1.29 is 9.53 Å². The molecule has 1 fully saturated rings. The predicted octanol–water partition coefficient (Wildman–Crippen LogP) is 4.61. The third kappa shape index (κ3) is 4.18. The Balaban J connectivity index is 2.52. The van der Waals surface area contributed by atoms with Gasteiger partial charge in [0.05, 0.1) is 0 Å². The van der Waals surface area contributed by atoms with E-state index in [2.05, 4.69) is 58.6 Å². The Bertz CT molecular complexity index is 544. The Morgan fingerprint density at radius 3 is 2.17 bits per heavy atom. The monoisotopic (exact) mass is 331 g/mol. The van der Waals surface area contributed by atoms with Crippen LogP contribution < -0.4 is 0 Å². The maximum absolute atomic E-state index is 12.0. The molecule has 1 aliphatic rings. The van der Waals surface area contributed by atoms with Crippen LogP contribution in [0.3, 0.4) is 0 Å². The summed E-state index contributed by atoms with van der Waals surface area (Å²) in [7, 11) is 0. The molecule has 0 spiro atoms. The third-order valence-electron chi connectivity index (χ3n) is 5.28. The highest BCUT2D eigenvalue weighted by molar-refractivity contribution is 5.67. The van der Waals surface area contributed by atoms with Crippen molar-refractivity contribution in [2.24, 2.45) is 11.3 Å². The van der Waals surface area contributed by atoms with E-state index in [1.165, 1.54) is 6.92 Å². The highest BCUT2D eigenvalue weighted by Crippen LogP contribution is 2.45. The summed E-state index contributed by atoms with van der Waals surface area (Å²) in [5.74, 6) is 0.243. The van der Waals surface area contributed by atoms with Gasteiger partial charge in [0.25, 0.3) is 0 Å². The molecule has 1 aliphatic heterocycles. The molecule has 0 amide bonds. The van der Waals surface area contributed by atoms with Gasteiger partial charge in [-0.15, -0.1) is 0 Å². The quantitative estimate of drug-likeness (QED) is 0.741. The average molecular weight is 332 g/mol. The number of rotatable bonds is 2. The summed E-state index contributed by atoms with van der Waals surface area (Å²) in [5, 5.41) is 0. The molecule has 1 aromatic carbocycles. The van der Waals surface area contributed by atoms with Crippen LogP contribution in [0.15, 0.2) is 30.3 Å². The highest BCUT2D eigenvalue weighted by Gasteiger charge is 2.48. The SMILES string of the molecule is CC(=O)O[C@@]1(c2ccccc2)C[C@@H](C(C)(C)C)CN(C(C)(C)C)C1. The van der Waals surface area contributed by atoms with Crippen LogP contribution in [0.4, 0.5) is 0 Å².